The number of rotatable bonds is 7. The molecule has 1 heterocycles. The lowest BCUT2D eigenvalue weighted by Gasteiger charge is -2.24. The summed E-state index contributed by atoms with van der Waals surface area (Å²) in [5.74, 6) is -0.511. The molecule has 32 heavy (non-hydrogen) atoms. The van der Waals surface area contributed by atoms with Gasteiger partial charge in [0.25, 0.3) is 5.91 Å². The van der Waals surface area contributed by atoms with Crippen LogP contribution in [0.5, 0.6) is 17.2 Å². The number of likely N-dealkylation sites (tertiary alicyclic amines) is 1. The third-order valence-corrected chi connectivity index (χ3v) is 5.99. The van der Waals surface area contributed by atoms with Crippen molar-refractivity contribution in [2.45, 2.75) is 12.8 Å². The van der Waals surface area contributed by atoms with Gasteiger partial charge in [-0.15, -0.1) is 0 Å². The van der Waals surface area contributed by atoms with Gasteiger partial charge >= 0.3 is 0 Å². The lowest BCUT2D eigenvalue weighted by Crippen LogP contribution is -2.37. The molecule has 0 bridgehead atoms. The van der Waals surface area contributed by atoms with Crippen molar-refractivity contribution >= 4 is 11.8 Å². The molecular formula is C24H29FN2O5. The second-order valence-electron chi connectivity index (χ2n) is 7.71. The molecule has 0 spiro atoms. The highest BCUT2D eigenvalue weighted by atomic mass is 19.1. The van der Waals surface area contributed by atoms with Gasteiger partial charge in [-0.1, -0.05) is 12.1 Å². The van der Waals surface area contributed by atoms with E-state index in [0.717, 1.165) is 5.56 Å². The number of amides is 2. The second-order valence-corrected chi connectivity index (χ2v) is 7.71. The highest BCUT2D eigenvalue weighted by Gasteiger charge is 2.42. The van der Waals surface area contributed by atoms with E-state index in [9.17, 15) is 14.0 Å². The molecule has 2 atom stereocenters. The highest BCUT2D eigenvalue weighted by Crippen LogP contribution is 2.43. The molecule has 2 aromatic rings. The van der Waals surface area contributed by atoms with E-state index in [-0.39, 0.29) is 30.5 Å². The molecule has 8 heteroatoms. The van der Waals surface area contributed by atoms with Crippen LogP contribution < -0.4 is 14.2 Å². The summed E-state index contributed by atoms with van der Waals surface area (Å²) >= 11 is 0. The predicted octanol–water partition coefficient (Wildman–Crippen LogP) is 3.19. The zero-order chi connectivity index (χ0) is 23.4. The minimum Gasteiger partial charge on any atom is -0.493 e. The van der Waals surface area contributed by atoms with E-state index in [1.54, 1.807) is 35.0 Å². The van der Waals surface area contributed by atoms with Gasteiger partial charge in [0.15, 0.2) is 11.5 Å². The maximum absolute atomic E-state index is 14.3. The zero-order valence-electron chi connectivity index (χ0n) is 19.1. The Morgan fingerprint density at radius 2 is 1.69 bits per heavy atom. The van der Waals surface area contributed by atoms with Gasteiger partial charge in [0.05, 0.1) is 32.8 Å². The molecule has 1 fully saturated rings. The van der Waals surface area contributed by atoms with Crippen LogP contribution >= 0.6 is 0 Å². The fourth-order valence-electron chi connectivity index (χ4n) is 4.12. The lowest BCUT2D eigenvalue weighted by atomic mass is 9.87. The van der Waals surface area contributed by atoms with Crippen LogP contribution in [-0.2, 0) is 4.79 Å². The Balaban J connectivity index is 2.03. The van der Waals surface area contributed by atoms with Crippen molar-refractivity contribution in [3.8, 4) is 17.2 Å². The van der Waals surface area contributed by atoms with Gasteiger partial charge in [0, 0.05) is 32.6 Å². The standard InChI is InChI=1S/C24H29FN2O5/c1-6-26(2)23(28)18-14-27(24(29)16-9-7-8-10-19(16)25)13-17(18)15-11-20(30-3)22(32-5)21(12-15)31-4/h7-12,17-18H,6,13-14H2,1-5H3/t17-,18+/m1/s1. The SMILES string of the molecule is CCN(C)C(=O)[C@H]1CN(C(=O)c2ccccc2F)C[C@@H]1c1cc(OC)c(OC)c(OC)c1. The molecule has 0 saturated carbocycles. The number of ether oxygens (including phenoxy) is 3. The Hall–Kier alpha value is -3.29. The van der Waals surface area contributed by atoms with Gasteiger partial charge in [0.2, 0.25) is 11.7 Å². The molecule has 172 valence electrons. The van der Waals surface area contributed by atoms with Crippen LogP contribution in [0, 0.1) is 11.7 Å². The van der Waals surface area contributed by atoms with Gasteiger partial charge in [-0.25, -0.2) is 4.39 Å². The third-order valence-electron chi connectivity index (χ3n) is 5.99. The average molecular weight is 445 g/mol. The van der Waals surface area contributed by atoms with Crippen molar-refractivity contribution in [2.75, 3.05) is 48.0 Å². The van der Waals surface area contributed by atoms with Crippen LogP contribution in [0.15, 0.2) is 36.4 Å². The average Bonchev–Trinajstić information content (AvgIpc) is 3.27. The van der Waals surface area contributed by atoms with Crippen LogP contribution in [0.1, 0.15) is 28.8 Å². The van der Waals surface area contributed by atoms with Gasteiger partial charge in [-0.05, 0) is 36.8 Å². The molecular weight excluding hydrogens is 415 g/mol. The van der Waals surface area contributed by atoms with Crippen LogP contribution in [0.2, 0.25) is 0 Å². The molecule has 2 amide bonds. The quantitative estimate of drug-likeness (QED) is 0.656. The number of carbonyl (C=O) groups excluding carboxylic acids is 2. The first kappa shape index (κ1) is 23.4. The van der Waals surface area contributed by atoms with Crippen molar-refractivity contribution in [3.05, 3.63) is 53.3 Å². The first-order chi connectivity index (χ1) is 15.4. The molecule has 0 N–H and O–H groups in total. The highest BCUT2D eigenvalue weighted by molar-refractivity contribution is 5.95. The van der Waals surface area contributed by atoms with Gasteiger partial charge in [0.1, 0.15) is 5.82 Å². The summed E-state index contributed by atoms with van der Waals surface area (Å²) in [5, 5.41) is 0. The molecule has 0 aliphatic carbocycles. The van der Waals surface area contributed by atoms with E-state index < -0.39 is 17.6 Å². The Kier molecular flexibility index (Phi) is 7.22. The van der Waals surface area contributed by atoms with Crippen LogP contribution in [-0.4, -0.2) is 69.6 Å². The van der Waals surface area contributed by atoms with Crippen molar-refractivity contribution in [2.24, 2.45) is 5.92 Å². The number of nitrogens with zero attached hydrogens (tertiary/aromatic N) is 2. The molecule has 1 aliphatic rings. The maximum atomic E-state index is 14.3. The van der Waals surface area contributed by atoms with E-state index in [0.29, 0.717) is 23.8 Å². The number of hydrogen-bond donors (Lipinski definition) is 0. The summed E-state index contributed by atoms with van der Waals surface area (Å²) in [4.78, 5) is 29.5. The summed E-state index contributed by atoms with van der Waals surface area (Å²) in [6.45, 7) is 2.89. The van der Waals surface area contributed by atoms with Crippen LogP contribution in [0.25, 0.3) is 0 Å². The number of hydrogen-bond acceptors (Lipinski definition) is 5. The van der Waals surface area contributed by atoms with Gasteiger partial charge < -0.3 is 24.0 Å². The van der Waals surface area contributed by atoms with E-state index in [1.807, 2.05) is 6.92 Å². The number of methoxy groups -OCH3 is 3. The van der Waals surface area contributed by atoms with E-state index in [2.05, 4.69) is 0 Å². The van der Waals surface area contributed by atoms with Crippen molar-refractivity contribution in [1.82, 2.24) is 9.80 Å². The predicted molar refractivity (Wildman–Crippen MR) is 118 cm³/mol. The third kappa shape index (κ3) is 4.35. The zero-order valence-corrected chi connectivity index (χ0v) is 19.1. The first-order valence-corrected chi connectivity index (χ1v) is 10.4. The van der Waals surface area contributed by atoms with Crippen molar-refractivity contribution in [3.63, 3.8) is 0 Å². The number of benzene rings is 2. The molecule has 2 aromatic carbocycles. The van der Waals surface area contributed by atoms with Gasteiger partial charge in [-0.2, -0.15) is 0 Å². The molecule has 0 aromatic heterocycles. The summed E-state index contributed by atoms with van der Waals surface area (Å²) in [6.07, 6.45) is 0. The fourth-order valence-corrected chi connectivity index (χ4v) is 4.12. The molecule has 0 radical (unpaired) electrons. The summed E-state index contributed by atoms with van der Waals surface area (Å²) in [7, 11) is 6.30. The number of carbonyl (C=O) groups is 2. The van der Waals surface area contributed by atoms with E-state index in [4.69, 9.17) is 14.2 Å². The molecule has 3 rings (SSSR count). The summed E-state index contributed by atoms with van der Waals surface area (Å²) in [6, 6.07) is 9.48. The fraction of sp³-hybridized carbons (Fsp3) is 0.417. The van der Waals surface area contributed by atoms with E-state index >= 15 is 0 Å². The van der Waals surface area contributed by atoms with Crippen molar-refractivity contribution < 1.29 is 28.2 Å². The normalized spacial score (nSPS) is 17.8. The van der Waals surface area contributed by atoms with Gasteiger partial charge in [-0.3, -0.25) is 9.59 Å². The Morgan fingerprint density at radius 1 is 1.06 bits per heavy atom. The monoisotopic (exact) mass is 444 g/mol. The minimum absolute atomic E-state index is 0.00640. The minimum atomic E-state index is -0.581. The Bertz CT molecular complexity index is 971. The summed E-state index contributed by atoms with van der Waals surface area (Å²) < 4.78 is 30.6. The van der Waals surface area contributed by atoms with Crippen LogP contribution in [0.3, 0.4) is 0 Å². The lowest BCUT2D eigenvalue weighted by molar-refractivity contribution is -0.133. The Morgan fingerprint density at radius 3 is 2.22 bits per heavy atom. The van der Waals surface area contributed by atoms with E-state index in [1.165, 1.54) is 39.5 Å². The van der Waals surface area contributed by atoms with Crippen molar-refractivity contribution in [1.29, 1.82) is 0 Å². The summed E-state index contributed by atoms with van der Waals surface area (Å²) in [5.41, 5.74) is 0.777. The second kappa shape index (κ2) is 9.89. The topological polar surface area (TPSA) is 68.3 Å². The first-order valence-electron chi connectivity index (χ1n) is 10.4. The number of halogens is 1. The molecule has 7 nitrogen and oxygen atoms in total. The molecule has 0 unspecified atom stereocenters. The van der Waals surface area contributed by atoms with Crippen LogP contribution in [0.4, 0.5) is 4.39 Å². The molecule has 1 saturated heterocycles. The maximum Gasteiger partial charge on any atom is 0.256 e. The smallest absolute Gasteiger partial charge is 0.256 e. The Labute approximate surface area is 187 Å². The largest absolute Gasteiger partial charge is 0.493 e. The molecule has 1 aliphatic heterocycles.